The van der Waals surface area contributed by atoms with Crippen LogP contribution in [0.25, 0.3) is 0 Å². The highest BCUT2D eigenvalue weighted by molar-refractivity contribution is 5.33. The average molecular weight is 283 g/mol. The summed E-state index contributed by atoms with van der Waals surface area (Å²) in [5.74, 6) is 0.989. The molecule has 0 saturated carbocycles. The van der Waals surface area contributed by atoms with E-state index in [0.717, 1.165) is 25.1 Å². The van der Waals surface area contributed by atoms with Gasteiger partial charge >= 0.3 is 0 Å². The molecule has 1 atom stereocenters. The zero-order valence-corrected chi connectivity index (χ0v) is 13.0. The Morgan fingerprint density at radius 3 is 2.48 bits per heavy atom. The van der Waals surface area contributed by atoms with Crippen molar-refractivity contribution < 1.29 is 4.74 Å². The Morgan fingerprint density at radius 2 is 1.71 bits per heavy atom. The summed E-state index contributed by atoms with van der Waals surface area (Å²) in [4.78, 5) is 0. The predicted molar refractivity (Wildman–Crippen MR) is 88.7 cm³/mol. The number of rotatable bonds is 8. The van der Waals surface area contributed by atoms with Crippen LogP contribution in [0.5, 0.6) is 5.75 Å². The lowest BCUT2D eigenvalue weighted by Crippen LogP contribution is -2.26. The summed E-state index contributed by atoms with van der Waals surface area (Å²) in [5, 5.41) is 3.59. The van der Waals surface area contributed by atoms with Crippen LogP contribution in [0.15, 0.2) is 54.6 Å². The molecule has 2 aromatic carbocycles. The highest BCUT2D eigenvalue weighted by Crippen LogP contribution is 2.18. The summed E-state index contributed by atoms with van der Waals surface area (Å²) in [6.45, 7) is 5.83. The molecular weight excluding hydrogens is 258 g/mol. The zero-order valence-electron chi connectivity index (χ0n) is 13.0. The second-order valence-electron chi connectivity index (χ2n) is 5.35. The maximum Gasteiger partial charge on any atom is 0.123 e. The molecule has 112 valence electrons. The topological polar surface area (TPSA) is 21.3 Å². The minimum Gasteiger partial charge on any atom is -0.494 e. The monoisotopic (exact) mass is 283 g/mol. The summed E-state index contributed by atoms with van der Waals surface area (Å²) in [6.07, 6.45) is 2.25. The highest BCUT2D eigenvalue weighted by Gasteiger charge is 2.05. The number of hydrogen-bond acceptors (Lipinski definition) is 2. The van der Waals surface area contributed by atoms with Crippen LogP contribution < -0.4 is 10.1 Å². The van der Waals surface area contributed by atoms with Crippen molar-refractivity contribution in [1.82, 2.24) is 5.32 Å². The summed E-state index contributed by atoms with van der Waals surface area (Å²) in [6, 6.07) is 19.4. The number of hydrogen-bond donors (Lipinski definition) is 1. The van der Waals surface area contributed by atoms with E-state index >= 15 is 0 Å². The van der Waals surface area contributed by atoms with Crippen LogP contribution in [0, 0.1) is 0 Å². The van der Waals surface area contributed by atoms with Crippen LogP contribution in [-0.4, -0.2) is 12.6 Å². The van der Waals surface area contributed by atoms with Crippen LogP contribution in [0.2, 0.25) is 0 Å². The molecule has 0 fully saturated rings. The molecule has 0 spiro atoms. The standard InChI is InChI=1S/C19H25NO/c1-3-21-19-12-8-7-11-18(19)15-20-16(2)13-14-17-9-5-4-6-10-17/h4-12,16,20H,3,13-15H2,1-2H3/t16-/m1/s1. The summed E-state index contributed by atoms with van der Waals surface area (Å²) in [5.41, 5.74) is 2.63. The second kappa shape index (κ2) is 8.48. The summed E-state index contributed by atoms with van der Waals surface area (Å²) in [7, 11) is 0. The molecule has 1 N–H and O–H groups in total. The van der Waals surface area contributed by atoms with Gasteiger partial charge in [0, 0.05) is 18.2 Å². The van der Waals surface area contributed by atoms with Gasteiger partial charge in [0.25, 0.3) is 0 Å². The second-order valence-corrected chi connectivity index (χ2v) is 5.35. The van der Waals surface area contributed by atoms with Gasteiger partial charge in [-0.15, -0.1) is 0 Å². The van der Waals surface area contributed by atoms with Crippen LogP contribution in [0.4, 0.5) is 0 Å². The molecule has 0 saturated heterocycles. The van der Waals surface area contributed by atoms with E-state index in [-0.39, 0.29) is 0 Å². The molecule has 0 unspecified atom stereocenters. The van der Waals surface area contributed by atoms with E-state index in [4.69, 9.17) is 4.74 Å². The van der Waals surface area contributed by atoms with Crippen molar-refractivity contribution in [3.63, 3.8) is 0 Å². The molecule has 0 aliphatic rings. The molecule has 0 aliphatic heterocycles. The van der Waals surface area contributed by atoms with Crippen LogP contribution in [-0.2, 0) is 13.0 Å². The first kappa shape index (κ1) is 15.6. The predicted octanol–water partition coefficient (Wildman–Crippen LogP) is 4.20. The molecule has 0 amide bonds. The lowest BCUT2D eigenvalue weighted by atomic mass is 10.1. The van der Waals surface area contributed by atoms with Gasteiger partial charge in [-0.3, -0.25) is 0 Å². The van der Waals surface area contributed by atoms with Gasteiger partial charge in [-0.05, 0) is 38.3 Å². The molecule has 2 rings (SSSR count). The maximum atomic E-state index is 5.66. The molecule has 0 heterocycles. The Hall–Kier alpha value is -1.80. The van der Waals surface area contributed by atoms with E-state index in [2.05, 4.69) is 54.7 Å². The Bertz CT molecular complexity index is 524. The SMILES string of the molecule is CCOc1ccccc1CN[C@H](C)CCc1ccccc1. The van der Waals surface area contributed by atoms with Crippen molar-refractivity contribution in [3.8, 4) is 5.75 Å². The van der Waals surface area contributed by atoms with Gasteiger partial charge in [0.2, 0.25) is 0 Å². The van der Waals surface area contributed by atoms with E-state index in [1.807, 2.05) is 19.1 Å². The third-order valence-corrected chi connectivity index (χ3v) is 3.62. The molecule has 0 radical (unpaired) electrons. The molecule has 0 aromatic heterocycles. The number of aryl methyl sites for hydroxylation is 1. The lowest BCUT2D eigenvalue weighted by molar-refractivity contribution is 0.334. The number of nitrogens with one attached hydrogen (secondary N) is 1. The van der Waals surface area contributed by atoms with Crippen molar-refractivity contribution in [2.24, 2.45) is 0 Å². The fraction of sp³-hybridized carbons (Fsp3) is 0.368. The molecule has 2 heteroatoms. The van der Waals surface area contributed by atoms with Gasteiger partial charge in [-0.1, -0.05) is 48.5 Å². The third kappa shape index (κ3) is 5.24. The number of benzene rings is 2. The highest BCUT2D eigenvalue weighted by atomic mass is 16.5. The van der Waals surface area contributed by atoms with Gasteiger partial charge in [0.1, 0.15) is 5.75 Å². The van der Waals surface area contributed by atoms with Crippen molar-refractivity contribution in [3.05, 3.63) is 65.7 Å². The van der Waals surface area contributed by atoms with E-state index < -0.39 is 0 Å². The lowest BCUT2D eigenvalue weighted by Gasteiger charge is -2.16. The first-order chi connectivity index (χ1) is 10.3. The third-order valence-electron chi connectivity index (χ3n) is 3.62. The number of para-hydroxylation sites is 1. The van der Waals surface area contributed by atoms with Gasteiger partial charge in [-0.25, -0.2) is 0 Å². The fourth-order valence-electron chi connectivity index (χ4n) is 2.36. The van der Waals surface area contributed by atoms with E-state index in [9.17, 15) is 0 Å². The smallest absolute Gasteiger partial charge is 0.123 e. The molecule has 0 bridgehead atoms. The van der Waals surface area contributed by atoms with Gasteiger partial charge in [-0.2, -0.15) is 0 Å². The fourth-order valence-corrected chi connectivity index (χ4v) is 2.36. The molecule has 2 nitrogen and oxygen atoms in total. The Labute approximate surface area is 128 Å². The Kier molecular flexibility index (Phi) is 6.29. The normalized spacial score (nSPS) is 12.1. The van der Waals surface area contributed by atoms with Gasteiger partial charge in [0.15, 0.2) is 0 Å². The van der Waals surface area contributed by atoms with E-state index in [1.54, 1.807) is 0 Å². The van der Waals surface area contributed by atoms with Crippen molar-refractivity contribution >= 4 is 0 Å². The molecule has 0 aliphatic carbocycles. The van der Waals surface area contributed by atoms with Crippen molar-refractivity contribution in [2.75, 3.05) is 6.61 Å². The van der Waals surface area contributed by atoms with Gasteiger partial charge < -0.3 is 10.1 Å². The zero-order chi connectivity index (χ0) is 14.9. The first-order valence-electron chi connectivity index (χ1n) is 7.77. The maximum absolute atomic E-state index is 5.66. The Morgan fingerprint density at radius 1 is 1.00 bits per heavy atom. The number of ether oxygens (including phenoxy) is 1. The quantitative estimate of drug-likeness (QED) is 0.784. The minimum atomic E-state index is 0.486. The molecule has 2 aromatic rings. The van der Waals surface area contributed by atoms with Crippen LogP contribution in [0.1, 0.15) is 31.4 Å². The van der Waals surface area contributed by atoms with Crippen molar-refractivity contribution in [1.29, 1.82) is 0 Å². The van der Waals surface area contributed by atoms with Crippen LogP contribution >= 0.6 is 0 Å². The minimum absolute atomic E-state index is 0.486. The Balaban J connectivity index is 1.80. The summed E-state index contributed by atoms with van der Waals surface area (Å²) < 4.78 is 5.66. The van der Waals surface area contributed by atoms with Gasteiger partial charge in [0.05, 0.1) is 6.61 Å². The summed E-state index contributed by atoms with van der Waals surface area (Å²) >= 11 is 0. The van der Waals surface area contributed by atoms with Crippen LogP contribution in [0.3, 0.4) is 0 Å². The van der Waals surface area contributed by atoms with Crippen molar-refractivity contribution in [2.45, 2.75) is 39.3 Å². The molecular formula is C19H25NO. The van der Waals surface area contributed by atoms with E-state index in [0.29, 0.717) is 12.6 Å². The molecule has 21 heavy (non-hydrogen) atoms. The van der Waals surface area contributed by atoms with E-state index in [1.165, 1.54) is 11.1 Å². The first-order valence-corrected chi connectivity index (χ1v) is 7.77. The average Bonchev–Trinajstić information content (AvgIpc) is 2.53. The largest absolute Gasteiger partial charge is 0.494 e.